The summed E-state index contributed by atoms with van der Waals surface area (Å²) in [5.41, 5.74) is 0. The first-order valence-corrected chi connectivity index (χ1v) is 3.35. The summed E-state index contributed by atoms with van der Waals surface area (Å²) in [6.45, 7) is 5.63. The topological polar surface area (TPSA) is 24.1 Å². The van der Waals surface area contributed by atoms with Crippen molar-refractivity contribution in [3.05, 3.63) is 0 Å². The van der Waals surface area contributed by atoms with Crippen LogP contribution in [-0.4, -0.2) is 19.8 Å². The van der Waals surface area contributed by atoms with E-state index in [4.69, 9.17) is 0 Å². The molecule has 8 heavy (non-hydrogen) atoms. The van der Waals surface area contributed by atoms with Gasteiger partial charge < -0.3 is 10.6 Å². The van der Waals surface area contributed by atoms with Crippen LogP contribution in [0.2, 0.25) is 0 Å². The minimum atomic E-state index is 0.865. The number of hydrogen-bond acceptors (Lipinski definition) is 2. The van der Waals surface area contributed by atoms with E-state index in [1.807, 2.05) is 0 Å². The van der Waals surface area contributed by atoms with Crippen LogP contribution in [0.5, 0.6) is 0 Å². The lowest BCUT2D eigenvalue weighted by atomic mass is 10.1. The average Bonchev–Trinajstić information content (AvgIpc) is 1.90. The van der Waals surface area contributed by atoms with Crippen molar-refractivity contribution >= 4 is 0 Å². The van der Waals surface area contributed by atoms with E-state index < -0.39 is 0 Å². The largest absolute Gasteiger partial charge is 0.304 e. The van der Waals surface area contributed by atoms with Crippen LogP contribution in [0.3, 0.4) is 0 Å². The molecule has 1 saturated heterocycles. The van der Waals surface area contributed by atoms with Gasteiger partial charge in [-0.3, -0.25) is 0 Å². The molecule has 1 rings (SSSR count). The minimum absolute atomic E-state index is 0.865. The summed E-state index contributed by atoms with van der Waals surface area (Å²) in [5, 5.41) is 6.55. The van der Waals surface area contributed by atoms with E-state index in [0.717, 1.165) is 12.6 Å². The predicted octanol–water partition coefficient (Wildman–Crippen LogP) is 0.163. The maximum atomic E-state index is 3.27. The van der Waals surface area contributed by atoms with Gasteiger partial charge in [-0.05, 0) is 5.92 Å². The Morgan fingerprint density at radius 3 is 2.38 bits per heavy atom. The Balaban J connectivity index is 2.13. The number of hydrogen-bond donors (Lipinski definition) is 2. The van der Waals surface area contributed by atoms with E-state index in [2.05, 4.69) is 17.6 Å². The molecule has 0 aromatic rings. The zero-order chi connectivity index (χ0) is 5.82. The molecule has 48 valence electrons. The molecule has 0 spiro atoms. The van der Waals surface area contributed by atoms with Crippen LogP contribution in [0.15, 0.2) is 0 Å². The maximum absolute atomic E-state index is 3.27. The zero-order valence-electron chi connectivity index (χ0n) is 5.41. The SMILES string of the molecule is CCC1CNCNC1. The van der Waals surface area contributed by atoms with E-state index in [1.54, 1.807) is 0 Å². The van der Waals surface area contributed by atoms with Gasteiger partial charge in [-0.1, -0.05) is 13.3 Å². The average molecular weight is 114 g/mol. The molecule has 2 nitrogen and oxygen atoms in total. The van der Waals surface area contributed by atoms with Crippen LogP contribution >= 0.6 is 0 Å². The summed E-state index contributed by atoms with van der Waals surface area (Å²) in [4.78, 5) is 0. The molecule has 0 aliphatic carbocycles. The zero-order valence-corrected chi connectivity index (χ0v) is 5.41. The standard InChI is InChI=1S/C6H14N2/c1-2-6-3-7-5-8-4-6/h6-8H,2-5H2,1H3. The first-order chi connectivity index (χ1) is 3.93. The van der Waals surface area contributed by atoms with Crippen LogP contribution in [-0.2, 0) is 0 Å². The molecule has 0 saturated carbocycles. The van der Waals surface area contributed by atoms with Crippen molar-refractivity contribution in [2.24, 2.45) is 5.92 Å². The third-order valence-electron chi connectivity index (χ3n) is 1.69. The number of rotatable bonds is 1. The van der Waals surface area contributed by atoms with Gasteiger partial charge >= 0.3 is 0 Å². The van der Waals surface area contributed by atoms with Gasteiger partial charge in [-0.2, -0.15) is 0 Å². The van der Waals surface area contributed by atoms with E-state index >= 15 is 0 Å². The van der Waals surface area contributed by atoms with Crippen LogP contribution in [0.4, 0.5) is 0 Å². The summed E-state index contributed by atoms with van der Waals surface area (Å²) < 4.78 is 0. The molecule has 0 aromatic heterocycles. The highest BCUT2D eigenvalue weighted by molar-refractivity contribution is 4.67. The van der Waals surface area contributed by atoms with Crippen LogP contribution < -0.4 is 10.6 Å². The Bertz CT molecular complexity index is 57.5. The highest BCUT2D eigenvalue weighted by Crippen LogP contribution is 1.99. The number of nitrogens with one attached hydrogen (secondary N) is 2. The van der Waals surface area contributed by atoms with Gasteiger partial charge in [0.2, 0.25) is 0 Å². The summed E-state index contributed by atoms with van der Waals surface area (Å²) in [6.07, 6.45) is 1.29. The second-order valence-corrected chi connectivity index (χ2v) is 2.36. The molecular weight excluding hydrogens is 100 g/mol. The fourth-order valence-corrected chi connectivity index (χ4v) is 1.00. The second-order valence-electron chi connectivity index (χ2n) is 2.36. The Morgan fingerprint density at radius 2 is 2.00 bits per heavy atom. The van der Waals surface area contributed by atoms with Crippen molar-refractivity contribution < 1.29 is 0 Å². The molecule has 0 amide bonds. The predicted molar refractivity (Wildman–Crippen MR) is 34.7 cm³/mol. The molecule has 1 fully saturated rings. The minimum Gasteiger partial charge on any atom is -0.304 e. The molecule has 1 heterocycles. The molecule has 0 unspecified atom stereocenters. The summed E-state index contributed by atoms with van der Waals surface area (Å²) in [5.74, 6) is 0.865. The molecule has 0 atom stereocenters. The molecule has 0 radical (unpaired) electrons. The third kappa shape index (κ3) is 1.46. The normalized spacial score (nSPS) is 23.6. The van der Waals surface area contributed by atoms with Crippen molar-refractivity contribution in [1.29, 1.82) is 0 Å². The smallest absolute Gasteiger partial charge is 0.0454 e. The van der Waals surface area contributed by atoms with E-state index in [-0.39, 0.29) is 0 Å². The molecule has 2 N–H and O–H groups in total. The van der Waals surface area contributed by atoms with Gasteiger partial charge in [0.25, 0.3) is 0 Å². The Kier molecular flexibility index (Phi) is 2.30. The fraction of sp³-hybridized carbons (Fsp3) is 1.00. The van der Waals surface area contributed by atoms with Gasteiger partial charge in [0.1, 0.15) is 0 Å². The Hall–Kier alpha value is -0.0800. The van der Waals surface area contributed by atoms with Gasteiger partial charge in [-0.25, -0.2) is 0 Å². The Labute approximate surface area is 50.7 Å². The highest BCUT2D eigenvalue weighted by atomic mass is 15.1. The van der Waals surface area contributed by atoms with Gasteiger partial charge in [0.15, 0.2) is 0 Å². The van der Waals surface area contributed by atoms with E-state index in [0.29, 0.717) is 0 Å². The van der Waals surface area contributed by atoms with Crippen molar-refractivity contribution in [3.8, 4) is 0 Å². The van der Waals surface area contributed by atoms with Crippen LogP contribution in [0.25, 0.3) is 0 Å². The van der Waals surface area contributed by atoms with E-state index in [1.165, 1.54) is 19.5 Å². The van der Waals surface area contributed by atoms with Crippen LogP contribution in [0.1, 0.15) is 13.3 Å². The molecule has 0 bridgehead atoms. The molecule has 1 aliphatic heterocycles. The summed E-state index contributed by atoms with van der Waals surface area (Å²) in [7, 11) is 0. The first-order valence-electron chi connectivity index (χ1n) is 3.35. The lowest BCUT2D eigenvalue weighted by molar-refractivity contribution is 0.365. The summed E-state index contributed by atoms with van der Waals surface area (Å²) in [6, 6.07) is 0. The third-order valence-corrected chi connectivity index (χ3v) is 1.69. The lowest BCUT2D eigenvalue weighted by Gasteiger charge is -2.21. The van der Waals surface area contributed by atoms with Crippen molar-refractivity contribution in [2.45, 2.75) is 13.3 Å². The van der Waals surface area contributed by atoms with Gasteiger partial charge in [0.05, 0.1) is 0 Å². The molecule has 0 aromatic carbocycles. The highest BCUT2D eigenvalue weighted by Gasteiger charge is 2.07. The monoisotopic (exact) mass is 114 g/mol. The van der Waals surface area contributed by atoms with Crippen molar-refractivity contribution in [3.63, 3.8) is 0 Å². The van der Waals surface area contributed by atoms with Crippen molar-refractivity contribution in [2.75, 3.05) is 19.8 Å². The maximum Gasteiger partial charge on any atom is 0.0454 e. The van der Waals surface area contributed by atoms with Gasteiger partial charge in [-0.15, -0.1) is 0 Å². The summed E-state index contributed by atoms with van der Waals surface area (Å²) >= 11 is 0. The first kappa shape index (κ1) is 6.05. The molecule has 2 heteroatoms. The van der Waals surface area contributed by atoms with E-state index in [9.17, 15) is 0 Å². The lowest BCUT2D eigenvalue weighted by Crippen LogP contribution is -2.43. The fourth-order valence-electron chi connectivity index (χ4n) is 1.00. The van der Waals surface area contributed by atoms with Crippen LogP contribution in [0, 0.1) is 5.92 Å². The van der Waals surface area contributed by atoms with Gasteiger partial charge in [0, 0.05) is 19.8 Å². The quantitative estimate of drug-likeness (QED) is 0.507. The Morgan fingerprint density at radius 1 is 1.38 bits per heavy atom. The molecule has 1 aliphatic rings. The molecular formula is C6H14N2. The van der Waals surface area contributed by atoms with Crippen molar-refractivity contribution in [1.82, 2.24) is 10.6 Å². The second kappa shape index (κ2) is 3.05.